The molecule has 0 atom stereocenters. The summed E-state index contributed by atoms with van der Waals surface area (Å²) in [5, 5.41) is 0. The number of aromatic nitrogens is 1. The zero-order valence-electron chi connectivity index (χ0n) is 15.4. The van der Waals surface area contributed by atoms with E-state index in [1.165, 1.54) is 14.0 Å². The SMILES string of the molecule is CCOC(=O)c1c(F)nc(C)c(C(=O)OC)c1-c1ccc2c(c1)CCCO2. The van der Waals surface area contributed by atoms with Crippen molar-refractivity contribution in [2.75, 3.05) is 20.3 Å². The van der Waals surface area contributed by atoms with Crippen molar-refractivity contribution in [3.8, 4) is 16.9 Å². The summed E-state index contributed by atoms with van der Waals surface area (Å²) in [6, 6.07) is 5.25. The Morgan fingerprint density at radius 3 is 2.74 bits per heavy atom. The number of halogens is 1. The van der Waals surface area contributed by atoms with Crippen LogP contribution in [0.15, 0.2) is 18.2 Å². The van der Waals surface area contributed by atoms with E-state index in [9.17, 15) is 14.0 Å². The average Bonchev–Trinajstić information content (AvgIpc) is 2.66. The third kappa shape index (κ3) is 3.49. The average molecular weight is 373 g/mol. The first-order chi connectivity index (χ1) is 13.0. The summed E-state index contributed by atoms with van der Waals surface area (Å²) in [5.41, 5.74) is 1.36. The van der Waals surface area contributed by atoms with E-state index in [0.29, 0.717) is 12.2 Å². The van der Waals surface area contributed by atoms with Crippen molar-refractivity contribution in [3.05, 3.63) is 46.5 Å². The molecule has 0 bridgehead atoms. The number of hydrogen-bond acceptors (Lipinski definition) is 6. The first-order valence-electron chi connectivity index (χ1n) is 8.69. The topological polar surface area (TPSA) is 74.7 Å². The Labute approximate surface area is 156 Å². The van der Waals surface area contributed by atoms with Gasteiger partial charge in [0.05, 0.1) is 31.6 Å². The Hall–Kier alpha value is -2.96. The first-order valence-corrected chi connectivity index (χ1v) is 8.69. The summed E-state index contributed by atoms with van der Waals surface area (Å²) in [7, 11) is 1.22. The maximum absolute atomic E-state index is 14.7. The number of esters is 2. The second-order valence-corrected chi connectivity index (χ2v) is 6.10. The van der Waals surface area contributed by atoms with Gasteiger partial charge in [-0.2, -0.15) is 4.39 Å². The van der Waals surface area contributed by atoms with Crippen LogP contribution in [0.2, 0.25) is 0 Å². The van der Waals surface area contributed by atoms with Crippen LogP contribution in [0.1, 0.15) is 45.3 Å². The smallest absolute Gasteiger partial charge is 0.343 e. The molecule has 1 aliphatic heterocycles. The van der Waals surface area contributed by atoms with Gasteiger partial charge < -0.3 is 14.2 Å². The second kappa shape index (κ2) is 7.73. The molecule has 0 fully saturated rings. The Kier molecular flexibility index (Phi) is 5.39. The van der Waals surface area contributed by atoms with Gasteiger partial charge in [0.25, 0.3) is 0 Å². The van der Waals surface area contributed by atoms with Crippen molar-refractivity contribution in [2.24, 2.45) is 0 Å². The highest BCUT2D eigenvalue weighted by molar-refractivity contribution is 6.06. The molecule has 0 spiro atoms. The van der Waals surface area contributed by atoms with E-state index >= 15 is 0 Å². The quantitative estimate of drug-likeness (QED) is 0.603. The molecule has 142 valence electrons. The molecule has 0 amide bonds. The lowest BCUT2D eigenvalue weighted by Gasteiger charge is -2.20. The third-order valence-electron chi connectivity index (χ3n) is 4.40. The number of carbonyl (C=O) groups excluding carboxylic acids is 2. The number of benzene rings is 1. The highest BCUT2D eigenvalue weighted by Crippen LogP contribution is 2.36. The van der Waals surface area contributed by atoms with E-state index in [0.717, 1.165) is 24.2 Å². The fraction of sp³-hybridized carbons (Fsp3) is 0.350. The fourth-order valence-electron chi connectivity index (χ4n) is 3.21. The number of pyridine rings is 1. The van der Waals surface area contributed by atoms with Gasteiger partial charge in [-0.15, -0.1) is 0 Å². The minimum absolute atomic E-state index is 0.0404. The van der Waals surface area contributed by atoms with Crippen LogP contribution >= 0.6 is 0 Å². The number of fused-ring (bicyclic) bond motifs is 1. The number of nitrogens with zero attached hydrogens (tertiary/aromatic N) is 1. The summed E-state index contributed by atoms with van der Waals surface area (Å²) >= 11 is 0. The van der Waals surface area contributed by atoms with Gasteiger partial charge in [-0.25, -0.2) is 14.6 Å². The van der Waals surface area contributed by atoms with Gasteiger partial charge in [0.2, 0.25) is 5.95 Å². The summed E-state index contributed by atoms with van der Waals surface area (Å²) in [5.74, 6) is -1.82. The lowest BCUT2D eigenvalue weighted by atomic mass is 9.91. The number of methoxy groups -OCH3 is 1. The Morgan fingerprint density at radius 2 is 2.04 bits per heavy atom. The molecule has 0 saturated heterocycles. The van der Waals surface area contributed by atoms with Crippen LogP contribution in [-0.2, 0) is 15.9 Å². The van der Waals surface area contributed by atoms with Gasteiger partial charge in [0.15, 0.2) is 0 Å². The molecule has 2 heterocycles. The Balaban J connectivity index is 2.31. The van der Waals surface area contributed by atoms with Crippen molar-refractivity contribution < 1.29 is 28.2 Å². The monoisotopic (exact) mass is 373 g/mol. The van der Waals surface area contributed by atoms with Crippen LogP contribution in [0.5, 0.6) is 5.75 Å². The van der Waals surface area contributed by atoms with Crippen LogP contribution in [0, 0.1) is 12.9 Å². The normalized spacial score (nSPS) is 12.7. The lowest BCUT2D eigenvalue weighted by molar-refractivity contribution is 0.0521. The van der Waals surface area contributed by atoms with Crippen molar-refractivity contribution in [1.29, 1.82) is 0 Å². The molecule has 6 nitrogen and oxygen atoms in total. The summed E-state index contributed by atoms with van der Waals surface area (Å²) in [6.07, 6.45) is 1.65. The zero-order chi connectivity index (χ0) is 19.6. The molecule has 1 aromatic carbocycles. The molecule has 7 heteroatoms. The number of rotatable bonds is 4. The minimum Gasteiger partial charge on any atom is -0.493 e. The highest BCUT2D eigenvalue weighted by Gasteiger charge is 2.29. The minimum atomic E-state index is -0.984. The largest absolute Gasteiger partial charge is 0.493 e. The van der Waals surface area contributed by atoms with Crippen molar-refractivity contribution >= 4 is 11.9 Å². The van der Waals surface area contributed by atoms with Crippen LogP contribution in [0.4, 0.5) is 4.39 Å². The standard InChI is InChI=1S/C20H20FNO5/c1-4-26-20(24)17-16(15(19(23)25-3)11(2)22-18(17)21)13-7-8-14-12(10-13)6-5-9-27-14/h7-8,10H,4-6,9H2,1-3H3. The fourth-order valence-corrected chi connectivity index (χ4v) is 3.21. The molecule has 2 aromatic rings. The zero-order valence-corrected chi connectivity index (χ0v) is 15.4. The molecule has 3 rings (SSSR count). The first kappa shape index (κ1) is 18.8. The summed E-state index contributed by atoms with van der Waals surface area (Å²) < 4.78 is 30.1. The molecule has 0 saturated carbocycles. The number of aryl methyl sites for hydroxylation is 2. The van der Waals surface area contributed by atoms with E-state index in [1.54, 1.807) is 25.1 Å². The molecule has 1 aromatic heterocycles. The maximum atomic E-state index is 14.7. The van der Waals surface area contributed by atoms with Gasteiger partial charge in [-0.3, -0.25) is 0 Å². The highest BCUT2D eigenvalue weighted by atomic mass is 19.1. The summed E-state index contributed by atoms with van der Waals surface area (Å²) in [6.45, 7) is 3.82. The molecule has 0 aliphatic carbocycles. The number of carbonyl (C=O) groups is 2. The molecule has 27 heavy (non-hydrogen) atoms. The predicted molar refractivity (Wildman–Crippen MR) is 95.5 cm³/mol. The van der Waals surface area contributed by atoms with Crippen LogP contribution in [0.3, 0.4) is 0 Å². The Morgan fingerprint density at radius 1 is 1.26 bits per heavy atom. The van der Waals surface area contributed by atoms with E-state index in [2.05, 4.69) is 4.98 Å². The molecule has 0 unspecified atom stereocenters. The molecule has 0 radical (unpaired) electrons. The molecule has 0 N–H and O–H groups in total. The Bertz CT molecular complexity index is 910. The number of hydrogen-bond donors (Lipinski definition) is 0. The van der Waals surface area contributed by atoms with E-state index in [1.807, 2.05) is 0 Å². The molecule has 1 aliphatic rings. The van der Waals surface area contributed by atoms with Crippen molar-refractivity contribution in [3.63, 3.8) is 0 Å². The second-order valence-electron chi connectivity index (χ2n) is 6.10. The lowest BCUT2D eigenvalue weighted by Crippen LogP contribution is -2.17. The van der Waals surface area contributed by atoms with Gasteiger partial charge in [-0.1, -0.05) is 6.07 Å². The van der Waals surface area contributed by atoms with Gasteiger partial charge in [0.1, 0.15) is 11.3 Å². The third-order valence-corrected chi connectivity index (χ3v) is 4.40. The molecular weight excluding hydrogens is 353 g/mol. The van der Waals surface area contributed by atoms with Crippen molar-refractivity contribution in [2.45, 2.75) is 26.7 Å². The maximum Gasteiger partial charge on any atom is 0.343 e. The van der Waals surface area contributed by atoms with Crippen LogP contribution in [-0.4, -0.2) is 37.2 Å². The molecular formula is C20H20FNO5. The van der Waals surface area contributed by atoms with Gasteiger partial charge >= 0.3 is 11.9 Å². The van der Waals surface area contributed by atoms with E-state index in [-0.39, 0.29) is 29.0 Å². The van der Waals surface area contributed by atoms with E-state index in [4.69, 9.17) is 14.2 Å². The number of ether oxygens (including phenoxy) is 3. The van der Waals surface area contributed by atoms with Crippen LogP contribution in [0.25, 0.3) is 11.1 Å². The van der Waals surface area contributed by atoms with Gasteiger partial charge in [0, 0.05) is 5.56 Å². The summed E-state index contributed by atoms with van der Waals surface area (Å²) in [4.78, 5) is 28.6. The predicted octanol–water partition coefficient (Wildman–Crippen LogP) is 3.48. The van der Waals surface area contributed by atoms with Crippen LogP contribution < -0.4 is 4.74 Å². The van der Waals surface area contributed by atoms with Gasteiger partial charge in [-0.05, 0) is 49.9 Å². The van der Waals surface area contributed by atoms with Crippen molar-refractivity contribution in [1.82, 2.24) is 4.98 Å². The van der Waals surface area contributed by atoms with E-state index < -0.39 is 17.9 Å².